The maximum atomic E-state index is 12.1. The monoisotopic (exact) mass is 227 g/mol. The van der Waals surface area contributed by atoms with E-state index in [1.807, 2.05) is 11.8 Å². The molecule has 1 rings (SSSR count). The summed E-state index contributed by atoms with van der Waals surface area (Å²) < 4.78 is 5.58. The molecule has 16 heavy (non-hydrogen) atoms. The van der Waals surface area contributed by atoms with E-state index in [2.05, 4.69) is 20.8 Å². The molecule has 0 bridgehead atoms. The second-order valence-electron chi connectivity index (χ2n) is 5.25. The van der Waals surface area contributed by atoms with Crippen LogP contribution in [-0.4, -0.2) is 36.1 Å². The molecule has 1 fully saturated rings. The van der Waals surface area contributed by atoms with Crippen molar-refractivity contribution in [2.45, 2.75) is 59.1 Å². The van der Waals surface area contributed by atoms with Gasteiger partial charge in [0.2, 0.25) is 0 Å². The Kier molecular flexibility index (Phi) is 5.26. The first-order valence-electron chi connectivity index (χ1n) is 6.44. The zero-order valence-corrected chi connectivity index (χ0v) is 11.0. The molecule has 0 radical (unpaired) electrons. The Hall–Kier alpha value is -0.570. The molecular weight excluding hydrogens is 202 g/mol. The van der Waals surface area contributed by atoms with Crippen molar-refractivity contribution in [3.8, 4) is 0 Å². The second-order valence-corrected chi connectivity index (χ2v) is 5.25. The molecule has 1 aliphatic rings. The van der Waals surface area contributed by atoms with Crippen molar-refractivity contribution < 1.29 is 9.53 Å². The molecular formula is C13H25NO2. The van der Waals surface area contributed by atoms with Gasteiger partial charge in [0.25, 0.3) is 5.91 Å². The van der Waals surface area contributed by atoms with Crippen molar-refractivity contribution in [2.24, 2.45) is 5.92 Å². The van der Waals surface area contributed by atoms with Gasteiger partial charge in [0, 0.05) is 19.2 Å². The number of rotatable bonds is 4. The fourth-order valence-corrected chi connectivity index (χ4v) is 2.07. The number of hydrogen-bond acceptors (Lipinski definition) is 2. The quantitative estimate of drug-likeness (QED) is 0.738. The molecule has 0 aliphatic carbocycles. The Labute approximate surface area is 99.1 Å². The van der Waals surface area contributed by atoms with Crippen molar-refractivity contribution in [1.29, 1.82) is 0 Å². The largest absolute Gasteiger partial charge is 0.368 e. The molecule has 0 N–H and O–H groups in total. The molecule has 3 heteroatoms. The number of ether oxygens (including phenoxy) is 1. The summed E-state index contributed by atoms with van der Waals surface area (Å²) in [6, 6.07) is 0.381. The highest BCUT2D eigenvalue weighted by molar-refractivity contribution is 5.80. The third-order valence-corrected chi connectivity index (χ3v) is 3.11. The van der Waals surface area contributed by atoms with Gasteiger partial charge in [-0.05, 0) is 39.0 Å². The first kappa shape index (κ1) is 13.5. The number of amides is 1. The van der Waals surface area contributed by atoms with E-state index in [-0.39, 0.29) is 12.0 Å². The molecule has 1 saturated heterocycles. The van der Waals surface area contributed by atoms with Crippen molar-refractivity contribution in [2.75, 3.05) is 13.2 Å². The van der Waals surface area contributed by atoms with E-state index in [1.165, 1.54) is 6.42 Å². The van der Waals surface area contributed by atoms with Gasteiger partial charge in [-0.1, -0.05) is 13.8 Å². The molecule has 3 nitrogen and oxygen atoms in total. The topological polar surface area (TPSA) is 29.5 Å². The van der Waals surface area contributed by atoms with E-state index >= 15 is 0 Å². The maximum Gasteiger partial charge on any atom is 0.251 e. The summed E-state index contributed by atoms with van der Waals surface area (Å²) in [7, 11) is 0. The van der Waals surface area contributed by atoms with E-state index in [9.17, 15) is 4.79 Å². The number of piperidine rings is 1. The van der Waals surface area contributed by atoms with Crippen LogP contribution in [0.4, 0.5) is 0 Å². The third-order valence-electron chi connectivity index (χ3n) is 3.11. The van der Waals surface area contributed by atoms with E-state index in [1.54, 1.807) is 0 Å². The number of nitrogens with zero attached hydrogens (tertiary/aromatic N) is 1. The first-order valence-corrected chi connectivity index (χ1v) is 6.44. The number of hydrogen-bond donors (Lipinski definition) is 0. The van der Waals surface area contributed by atoms with Crippen LogP contribution in [0.15, 0.2) is 0 Å². The minimum Gasteiger partial charge on any atom is -0.368 e. The van der Waals surface area contributed by atoms with E-state index in [4.69, 9.17) is 4.74 Å². The number of carbonyl (C=O) groups excluding carboxylic acids is 1. The van der Waals surface area contributed by atoms with Crippen molar-refractivity contribution in [3.63, 3.8) is 0 Å². The fourth-order valence-electron chi connectivity index (χ4n) is 2.07. The molecule has 1 heterocycles. The highest BCUT2D eigenvalue weighted by Crippen LogP contribution is 2.18. The average molecular weight is 227 g/mol. The maximum absolute atomic E-state index is 12.1. The van der Waals surface area contributed by atoms with Gasteiger partial charge < -0.3 is 9.64 Å². The van der Waals surface area contributed by atoms with Crippen LogP contribution < -0.4 is 0 Å². The van der Waals surface area contributed by atoms with Gasteiger partial charge in [0.1, 0.15) is 6.10 Å². The lowest BCUT2D eigenvalue weighted by Gasteiger charge is -2.35. The summed E-state index contributed by atoms with van der Waals surface area (Å²) in [4.78, 5) is 14.1. The molecule has 94 valence electrons. The van der Waals surface area contributed by atoms with Crippen LogP contribution in [0.5, 0.6) is 0 Å². The minimum absolute atomic E-state index is 0.160. The molecule has 0 aromatic rings. The van der Waals surface area contributed by atoms with Gasteiger partial charge in [-0.3, -0.25) is 4.79 Å². The number of carbonyl (C=O) groups is 1. The highest BCUT2D eigenvalue weighted by atomic mass is 16.5. The SMILES string of the molecule is CC(C)CO[C@@H](C)C(=O)N1CCCC[C@H]1C. The Balaban J connectivity index is 2.42. The van der Waals surface area contributed by atoms with Crippen LogP contribution in [0.25, 0.3) is 0 Å². The summed E-state index contributed by atoms with van der Waals surface area (Å²) in [5.41, 5.74) is 0. The lowest BCUT2D eigenvalue weighted by Crippen LogP contribution is -2.47. The smallest absolute Gasteiger partial charge is 0.251 e. The average Bonchev–Trinajstić information content (AvgIpc) is 2.25. The lowest BCUT2D eigenvalue weighted by molar-refractivity contribution is -0.146. The fraction of sp³-hybridized carbons (Fsp3) is 0.923. The van der Waals surface area contributed by atoms with Gasteiger partial charge in [0.05, 0.1) is 0 Å². The minimum atomic E-state index is -0.289. The van der Waals surface area contributed by atoms with E-state index in [0.717, 1.165) is 19.4 Å². The van der Waals surface area contributed by atoms with Crippen LogP contribution >= 0.6 is 0 Å². The molecule has 0 unspecified atom stereocenters. The Morgan fingerprint density at radius 2 is 2.06 bits per heavy atom. The number of likely N-dealkylation sites (tertiary alicyclic amines) is 1. The van der Waals surface area contributed by atoms with E-state index < -0.39 is 0 Å². The zero-order chi connectivity index (χ0) is 12.1. The molecule has 0 aromatic heterocycles. The van der Waals surface area contributed by atoms with Gasteiger partial charge in [0.15, 0.2) is 0 Å². The van der Waals surface area contributed by atoms with Crippen LogP contribution in [0.1, 0.15) is 47.0 Å². The summed E-state index contributed by atoms with van der Waals surface area (Å²) in [6.07, 6.45) is 3.21. The third kappa shape index (κ3) is 3.78. The summed E-state index contributed by atoms with van der Waals surface area (Å²) >= 11 is 0. The Bertz CT molecular complexity index is 228. The Morgan fingerprint density at radius 1 is 1.38 bits per heavy atom. The normalized spacial score (nSPS) is 23.6. The molecule has 1 aliphatic heterocycles. The van der Waals surface area contributed by atoms with Crippen LogP contribution in [0, 0.1) is 5.92 Å². The van der Waals surface area contributed by atoms with Crippen LogP contribution in [0.3, 0.4) is 0 Å². The summed E-state index contributed by atoms with van der Waals surface area (Å²) in [6.45, 7) is 9.75. The van der Waals surface area contributed by atoms with Crippen molar-refractivity contribution >= 4 is 5.91 Å². The molecule has 0 saturated carbocycles. The van der Waals surface area contributed by atoms with E-state index in [0.29, 0.717) is 18.6 Å². The summed E-state index contributed by atoms with van der Waals surface area (Å²) in [5, 5.41) is 0. The molecule has 2 atom stereocenters. The predicted molar refractivity (Wildman–Crippen MR) is 65.3 cm³/mol. The van der Waals surface area contributed by atoms with Crippen molar-refractivity contribution in [1.82, 2.24) is 4.90 Å². The standard InChI is InChI=1S/C13H25NO2/c1-10(2)9-16-12(4)13(15)14-8-6-5-7-11(14)3/h10-12H,5-9H2,1-4H3/t11-,12+/m1/s1. The van der Waals surface area contributed by atoms with Crippen molar-refractivity contribution in [3.05, 3.63) is 0 Å². The van der Waals surface area contributed by atoms with Gasteiger partial charge >= 0.3 is 0 Å². The zero-order valence-electron chi connectivity index (χ0n) is 11.0. The highest BCUT2D eigenvalue weighted by Gasteiger charge is 2.27. The van der Waals surface area contributed by atoms with Gasteiger partial charge in [-0.15, -0.1) is 0 Å². The molecule has 0 aromatic carbocycles. The Morgan fingerprint density at radius 3 is 2.62 bits per heavy atom. The molecule has 1 amide bonds. The van der Waals surface area contributed by atoms with Crippen LogP contribution in [-0.2, 0) is 9.53 Å². The predicted octanol–water partition coefficient (Wildman–Crippen LogP) is 2.45. The first-order chi connectivity index (χ1) is 7.52. The lowest BCUT2D eigenvalue weighted by atomic mass is 10.0. The van der Waals surface area contributed by atoms with Gasteiger partial charge in [-0.2, -0.15) is 0 Å². The summed E-state index contributed by atoms with van der Waals surface area (Å²) in [5.74, 6) is 0.641. The van der Waals surface area contributed by atoms with Gasteiger partial charge in [-0.25, -0.2) is 0 Å². The second kappa shape index (κ2) is 6.24. The molecule has 0 spiro atoms. The van der Waals surface area contributed by atoms with Crippen LogP contribution in [0.2, 0.25) is 0 Å².